The average Bonchev–Trinajstić information content (AvgIpc) is 2.20. The second-order valence-corrected chi connectivity index (χ2v) is 4.71. The third kappa shape index (κ3) is 3.47. The van der Waals surface area contributed by atoms with E-state index in [0.29, 0.717) is 0 Å². The van der Waals surface area contributed by atoms with Gasteiger partial charge in [-0.2, -0.15) is 0 Å². The molecule has 15 heavy (non-hydrogen) atoms. The van der Waals surface area contributed by atoms with Crippen LogP contribution in [0.3, 0.4) is 0 Å². The topological polar surface area (TPSA) is 43.1 Å². The number of nitrogens with zero attached hydrogens (tertiary/aromatic N) is 1. The summed E-state index contributed by atoms with van der Waals surface area (Å²) in [5.74, 6) is 0. The maximum Gasteiger partial charge on any atom is 0.270 e. The van der Waals surface area contributed by atoms with Gasteiger partial charge in [-0.15, -0.1) is 11.6 Å². The molecule has 0 amide bonds. The normalized spacial score (nSPS) is 12.5. The highest BCUT2D eigenvalue weighted by molar-refractivity contribution is 9.10. The van der Waals surface area contributed by atoms with E-state index in [2.05, 4.69) is 15.9 Å². The molecular formula is C10H11BrClNO2. The predicted molar refractivity (Wildman–Crippen MR) is 64.4 cm³/mol. The van der Waals surface area contributed by atoms with Crippen LogP contribution in [0.5, 0.6) is 0 Å². The minimum absolute atomic E-state index is 0.0720. The highest BCUT2D eigenvalue weighted by Crippen LogP contribution is 2.25. The van der Waals surface area contributed by atoms with Crippen molar-refractivity contribution in [2.45, 2.75) is 25.1 Å². The molecule has 0 saturated carbocycles. The molecule has 0 heterocycles. The Bertz CT molecular complexity index is 370. The standard InChI is InChI=1S/C10H11BrClNO2/c1-2-8(12)5-7-3-4-9(13(14)15)6-10(7)11/h3-4,6,8H,2,5H2,1H3. The zero-order chi connectivity index (χ0) is 11.4. The third-order valence-corrected chi connectivity index (χ3v) is 3.33. The molecule has 0 aromatic heterocycles. The summed E-state index contributed by atoms with van der Waals surface area (Å²) in [5, 5.41) is 10.6. The van der Waals surface area contributed by atoms with E-state index < -0.39 is 4.92 Å². The smallest absolute Gasteiger partial charge is 0.258 e. The molecule has 0 fully saturated rings. The van der Waals surface area contributed by atoms with Gasteiger partial charge in [-0.3, -0.25) is 10.1 Å². The van der Waals surface area contributed by atoms with Crippen LogP contribution in [0.1, 0.15) is 18.9 Å². The van der Waals surface area contributed by atoms with E-state index in [-0.39, 0.29) is 11.1 Å². The molecule has 1 aromatic rings. The first-order valence-electron chi connectivity index (χ1n) is 4.61. The van der Waals surface area contributed by atoms with Crippen molar-refractivity contribution < 1.29 is 4.92 Å². The molecule has 1 unspecified atom stereocenters. The number of rotatable bonds is 4. The largest absolute Gasteiger partial charge is 0.270 e. The first-order chi connectivity index (χ1) is 7.04. The molecule has 0 N–H and O–H groups in total. The monoisotopic (exact) mass is 291 g/mol. The summed E-state index contributed by atoms with van der Waals surface area (Å²) in [4.78, 5) is 10.1. The van der Waals surface area contributed by atoms with Crippen molar-refractivity contribution in [2.75, 3.05) is 0 Å². The van der Waals surface area contributed by atoms with E-state index in [4.69, 9.17) is 11.6 Å². The molecule has 0 saturated heterocycles. The van der Waals surface area contributed by atoms with Gasteiger partial charge in [0, 0.05) is 22.0 Å². The number of hydrogen-bond acceptors (Lipinski definition) is 2. The Morgan fingerprint density at radius 2 is 2.27 bits per heavy atom. The second kappa shape index (κ2) is 5.47. The van der Waals surface area contributed by atoms with Crippen LogP contribution in [0, 0.1) is 10.1 Å². The van der Waals surface area contributed by atoms with Gasteiger partial charge in [-0.05, 0) is 18.4 Å². The van der Waals surface area contributed by atoms with Gasteiger partial charge in [0.05, 0.1) is 4.92 Å². The van der Waals surface area contributed by atoms with Crippen LogP contribution in [0.15, 0.2) is 22.7 Å². The minimum Gasteiger partial charge on any atom is -0.258 e. The fourth-order valence-electron chi connectivity index (χ4n) is 1.20. The summed E-state index contributed by atoms with van der Waals surface area (Å²) in [5.41, 5.74) is 1.09. The maximum absolute atomic E-state index is 10.5. The van der Waals surface area contributed by atoms with Crippen molar-refractivity contribution in [1.29, 1.82) is 0 Å². The van der Waals surface area contributed by atoms with Gasteiger partial charge in [-0.25, -0.2) is 0 Å². The zero-order valence-electron chi connectivity index (χ0n) is 8.24. The minimum atomic E-state index is -0.410. The molecule has 82 valence electrons. The van der Waals surface area contributed by atoms with Gasteiger partial charge in [0.2, 0.25) is 0 Å². The molecular weight excluding hydrogens is 281 g/mol. The van der Waals surface area contributed by atoms with Gasteiger partial charge in [0.15, 0.2) is 0 Å². The first-order valence-corrected chi connectivity index (χ1v) is 5.84. The summed E-state index contributed by atoms with van der Waals surface area (Å²) in [6, 6.07) is 4.75. The lowest BCUT2D eigenvalue weighted by molar-refractivity contribution is -0.384. The quantitative estimate of drug-likeness (QED) is 0.479. The molecule has 5 heteroatoms. The van der Waals surface area contributed by atoms with Crippen LogP contribution < -0.4 is 0 Å². The van der Waals surface area contributed by atoms with Gasteiger partial charge in [0.1, 0.15) is 0 Å². The van der Waals surface area contributed by atoms with Gasteiger partial charge in [-0.1, -0.05) is 28.9 Å². The fourth-order valence-corrected chi connectivity index (χ4v) is 1.89. The Balaban J connectivity index is 2.88. The highest BCUT2D eigenvalue weighted by Gasteiger charge is 2.11. The van der Waals surface area contributed by atoms with Crippen molar-refractivity contribution in [1.82, 2.24) is 0 Å². The van der Waals surface area contributed by atoms with Crippen LogP contribution >= 0.6 is 27.5 Å². The first kappa shape index (κ1) is 12.5. The Kier molecular flexibility index (Phi) is 4.54. The number of nitro benzene ring substituents is 1. The number of halogens is 2. The Morgan fingerprint density at radius 3 is 2.73 bits per heavy atom. The number of hydrogen-bond donors (Lipinski definition) is 0. The van der Waals surface area contributed by atoms with Crippen molar-refractivity contribution in [3.05, 3.63) is 38.3 Å². The SMILES string of the molecule is CCC(Cl)Cc1ccc([N+](=O)[O-])cc1Br. The van der Waals surface area contributed by atoms with Crippen molar-refractivity contribution in [3.8, 4) is 0 Å². The van der Waals surface area contributed by atoms with Crippen molar-refractivity contribution >= 4 is 33.2 Å². The van der Waals surface area contributed by atoms with Crippen LogP contribution in [-0.2, 0) is 6.42 Å². The van der Waals surface area contributed by atoms with E-state index in [1.165, 1.54) is 12.1 Å². The average molecular weight is 293 g/mol. The summed E-state index contributed by atoms with van der Waals surface area (Å²) in [7, 11) is 0. The van der Waals surface area contributed by atoms with Crippen molar-refractivity contribution in [3.63, 3.8) is 0 Å². The Labute approximate surface area is 102 Å². The molecule has 0 aliphatic carbocycles. The van der Waals surface area contributed by atoms with Crippen LogP contribution in [0.25, 0.3) is 0 Å². The molecule has 3 nitrogen and oxygen atoms in total. The van der Waals surface area contributed by atoms with Gasteiger partial charge in [0.25, 0.3) is 5.69 Å². The van der Waals surface area contributed by atoms with E-state index in [9.17, 15) is 10.1 Å². The number of benzene rings is 1. The van der Waals surface area contributed by atoms with Crippen molar-refractivity contribution in [2.24, 2.45) is 0 Å². The van der Waals surface area contributed by atoms with E-state index in [1.807, 2.05) is 6.92 Å². The van der Waals surface area contributed by atoms with Gasteiger partial charge >= 0.3 is 0 Å². The third-order valence-electron chi connectivity index (χ3n) is 2.13. The summed E-state index contributed by atoms with van der Waals surface area (Å²) >= 11 is 9.33. The van der Waals surface area contributed by atoms with Crippen LogP contribution in [-0.4, -0.2) is 10.3 Å². The molecule has 1 rings (SSSR count). The number of alkyl halides is 1. The Morgan fingerprint density at radius 1 is 1.60 bits per heavy atom. The number of nitro groups is 1. The lowest BCUT2D eigenvalue weighted by Crippen LogP contribution is -2.02. The maximum atomic E-state index is 10.5. The molecule has 0 spiro atoms. The zero-order valence-corrected chi connectivity index (χ0v) is 10.6. The predicted octanol–water partition coefficient (Wildman–Crippen LogP) is 3.92. The van der Waals surface area contributed by atoms with Gasteiger partial charge < -0.3 is 0 Å². The second-order valence-electron chi connectivity index (χ2n) is 3.24. The van der Waals surface area contributed by atoms with Crippen LogP contribution in [0.4, 0.5) is 5.69 Å². The Hall–Kier alpha value is -0.610. The molecule has 0 aliphatic heterocycles. The van der Waals surface area contributed by atoms with E-state index in [0.717, 1.165) is 22.9 Å². The molecule has 1 atom stereocenters. The lowest BCUT2D eigenvalue weighted by Gasteiger charge is -2.07. The summed E-state index contributed by atoms with van der Waals surface area (Å²) < 4.78 is 0.746. The van der Waals surface area contributed by atoms with E-state index in [1.54, 1.807) is 6.07 Å². The molecule has 0 radical (unpaired) electrons. The summed E-state index contributed by atoms with van der Waals surface area (Å²) in [6.07, 6.45) is 1.60. The lowest BCUT2D eigenvalue weighted by atomic mass is 10.1. The molecule has 0 aliphatic rings. The molecule has 0 bridgehead atoms. The summed E-state index contributed by atoms with van der Waals surface area (Å²) in [6.45, 7) is 2.01. The fraction of sp³-hybridized carbons (Fsp3) is 0.400. The van der Waals surface area contributed by atoms with Crippen LogP contribution in [0.2, 0.25) is 0 Å². The molecule has 1 aromatic carbocycles. The number of non-ortho nitro benzene ring substituents is 1. The highest BCUT2D eigenvalue weighted by atomic mass is 79.9. The van der Waals surface area contributed by atoms with E-state index >= 15 is 0 Å².